The minimum absolute atomic E-state index is 0.0362. The number of esters is 2. The van der Waals surface area contributed by atoms with Crippen LogP contribution >= 0.6 is 0 Å². The van der Waals surface area contributed by atoms with E-state index in [0.717, 1.165) is 16.7 Å². The summed E-state index contributed by atoms with van der Waals surface area (Å²) >= 11 is 0. The van der Waals surface area contributed by atoms with E-state index in [2.05, 4.69) is 5.32 Å². The summed E-state index contributed by atoms with van der Waals surface area (Å²) in [6.07, 6.45) is 0.0189. The number of benzene rings is 3. The van der Waals surface area contributed by atoms with Crippen molar-refractivity contribution >= 4 is 17.8 Å². The number of carbonyl (C=O) groups is 3. The lowest BCUT2D eigenvalue weighted by molar-refractivity contribution is -0.146. The van der Waals surface area contributed by atoms with Crippen LogP contribution in [0.25, 0.3) is 0 Å². The zero-order valence-electron chi connectivity index (χ0n) is 18.7. The van der Waals surface area contributed by atoms with E-state index in [1.54, 1.807) is 0 Å². The second kappa shape index (κ2) is 11.1. The van der Waals surface area contributed by atoms with Crippen LogP contribution in [0.2, 0.25) is 0 Å². The van der Waals surface area contributed by atoms with Crippen molar-refractivity contribution in [3.05, 3.63) is 108 Å². The molecule has 0 saturated heterocycles. The summed E-state index contributed by atoms with van der Waals surface area (Å²) in [6.45, 7) is 0. The molecule has 0 saturated carbocycles. The van der Waals surface area contributed by atoms with Crippen LogP contribution in [0.15, 0.2) is 91.0 Å². The lowest BCUT2D eigenvalue weighted by Crippen LogP contribution is -2.52. The van der Waals surface area contributed by atoms with Gasteiger partial charge < -0.3 is 14.8 Å². The Morgan fingerprint density at radius 3 is 1.52 bits per heavy atom. The van der Waals surface area contributed by atoms with Crippen LogP contribution in [-0.4, -0.2) is 38.1 Å². The molecule has 6 nitrogen and oxygen atoms in total. The Kier molecular flexibility index (Phi) is 7.97. The molecule has 0 aromatic heterocycles. The third kappa shape index (κ3) is 5.12. The quantitative estimate of drug-likeness (QED) is 0.402. The fourth-order valence-electron chi connectivity index (χ4n) is 3.98. The Labute approximate surface area is 193 Å². The molecule has 0 aliphatic carbocycles. The van der Waals surface area contributed by atoms with Crippen molar-refractivity contribution in [3.8, 4) is 0 Å². The monoisotopic (exact) mass is 445 g/mol. The van der Waals surface area contributed by atoms with E-state index in [1.165, 1.54) is 14.2 Å². The fraction of sp³-hybridized carbons (Fsp3) is 0.222. The molecule has 0 radical (unpaired) electrons. The number of carbonyl (C=O) groups excluding carboxylic acids is 3. The zero-order valence-corrected chi connectivity index (χ0v) is 18.7. The highest BCUT2D eigenvalue weighted by atomic mass is 16.5. The first-order valence-corrected chi connectivity index (χ1v) is 10.7. The van der Waals surface area contributed by atoms with E-state index in [0.29, 0.717) is 0 Å². The van der Waals surface area contributed by atoms with Crippen molar-refractivity contribution in [2.45, 2.75) is 24.3 Å². The summed E-state index contributed by atoms with van der Waals surface area (Å²) in [7, 11) is 2.53. The molecule has 6 heteroatoms. The third-order valence-electron chi connectivity index (χ3n) is 5.62. The van der Waals surface area contributed by atoms with E-state index >= 15 is 0 Å². The lowest BCUT2D eigenvalue weighted by atomic mass is 9.68. The highest BCUT2D eigenvalue weighted by Crippen LogP contribution is 2.39. The second-order valence-electron chi connectivity index (χ2n) is 7.51. The molecule has 0 aliphatic heterocycles. The highest BCUT2D eigenvalue weighted by Gasteiger charge is 2.45. The van der Waals surface area contributed by atoms with Crippen LogP contribution in [0, 0.1) is 0 Å². The number of methoxy groups -OCH3 is 2. The van der Waals surface area contributed by atoms with E-state index in [-0.39, 0.29) is 12.8 Å². The van der Waals surface area contributed by atoms with Crippen LogP contribution in [0.5, 0.6) is 0 Å². The molecule has 0 aliphatic rings. The van der Waals surface area contributed by atoms with Crippen LogP contribution in [0.4, 0.5) is 0 Å². The highest BCUT2D eigenvalue weighted by molar-refractivity contribution is 5.98. The van der Waals surface area contributed by atoms with Crippen LogP contribution in [-0.2, 0) is 29.3 Å². The second-order valence-corrected chi connectivity index (χ2v) is 7.51. The van der Waals surface area contributed by atoms with Crippen molar-refractivity contribution in [2.75, 3.05) is 14.2 Å². The van der Waals surface area contributed by atoms with Gasteiger partial charge in [0.05, 0.1) is 14.2 Å². The molecule has 3 rings (SSSR count). The minimum atomic E-state index is -1.23. The van der Waals surface area contributed by atoms with E-state index < -0.39 is 29.3 Å². The summed E-state index contributed by atoms with van der Waals surface area (Å²) in [5.74, 6) is -1.50. The van der Waals surface area contributed by atoms with Gasteiger partial charge in [0, 0.05) is 6.42 Å². The van der Waals surface area contributed by atoms with Gasteiger partial charge in [-0.05, 0) is 23.1 Å². The average Bonchev–Trinajstić information content (AvgIpc) is 2.88. The molecule has 3 aromatic rings. The van der Waals surface area contributed by atoms with Crippen LogP contribution < -0.4 is 5.32 Å². The van der Waals surface area contributed by atoms with Crippen molar-refractivity contribution in [2.24, 2.45) is 0 Å². The maximum atomic E-state index is 14.2. The lowest BCUT2D eigenvalue weighted by Gasteiger charge is -2.35. The van der Waals surface area contributed by atoms with Crippen molar-refractivity contribution in [3.63, 3.8) is 0 Å². The number of hydrogen-bond donors (Lipinski definition) is 1. The van der Waals surface area contributed by atoms with Crippen molar-refractivity contribution in [1.29, 1.82) is 0 Å². The van der Waals surface area contributed by atoms with Gasteiger partial charge in [-0.15, -0.1) is 0 Å². The Morgan fingerprint density at radius 1 is 0.727 bits per heavy atom. The molecule has 0 unspecified atom stereocenters. The first-order chi connectivity index (χ1) is 16.0. The number of nitrogens with one attached hydrogen (secondary N) is 1. The van der Waals surface area contributed by atoms with Crippen LogP contribution in [0.3, 0.4) is 0 Å². The number of ether oxygens (including phenoxy) is 2. The van der Waals surface area contributed by atoms with E-state index in [1.807, 2.05) is 91.0 Å². The Morgan fingerprint density at radius 2 is 1.15 bits per heavy atom. The summed E-state index contributed by atoms with van der Waals surface area (Å²) in [5, 5.41) is 2.86. The van der Waals surface area contributed by atoms with Gasteiger partial charge in [-0.25, -0.2) is 4.79 Å². The molecule has 33 heavy (non-hydrogen) atoms. The van der Waals surface area contributed by atoms with Gasteiger partial charge in [-0.2, -0.15) is 0 Å². The van der Waals surface area contributed by atoms with E-state index in [9.17, 15) is 14.4 Å². The average molecular weight is 446 g/mol. The fourth-order valence-corrected chi connectivity index (χ4v) is 3.98. The number of rotatable bonds is 9. The zero-order chi connectivity index (χ0) is 23.7. The molecule has 1 N–H and O–H groups in total. The Balaban J connectivity index is 2.15. The molecule has 0 fully saturated rings. The van der Waals surface area contributed by atoms with Gasteiger partial charge in [-0.3, -0.25) is 9.59 Å². The maximum absolute atomic E-state index is 14.2. The summed E-state index contributed by atoms with van der Waals surface area (Å²) < 4.78 is 9.59. The standard InChI is InChI=1S/C27H27NO5/c1-32-24(29)19-18-23(25(30)33-2)28-26(31)27(20-12-6-3-7-13-20,21-14-8-4-9-15-21)22-16-10-5-11-17-22/h3-17,23H,18-19H2,1-2H3,(H,28,31)/t23-/m1/s1. The normalized spacial score (nSPS) is 11.8. The Hall–Kier alpha value is -3.93. The molecule has 0 heterocycles. The molecular weight excluding hydrogens is 418 g/mol. The van der Waals surface area contributed by atoms with Crippen molar-refractivity contribution in [1.82, 2.24) is 5.32 Å². The van der Waals surface area contributed by atoms with Gasteiger partial charge in [0.2, 0.25) is 5.91 Å². The number of amides is 1. The van der Waals surface area contributed by atoms with Crippen LogP contribution in [0.1, 0.15) is 29.5 Å². The van der Waals surface area contributed by atoms with Gasteiger partial charge in [0.15, 0.2) is 0 Å². The predicted molar refractivity (Wildman–Crippen MR) is 124 cm³/mol. The number of hydrogen-bond acceptors (Lipinski definition) is 5. The molecule has 3 aromatic carbocycles. The van der Waals surface area contributed by atoms with Gasteiger partial charge >= 0.3 is 11.9 Å². The minimum Gasteiger partial charge on any atom is -0.469 e. The first-order valence-electron chi connectivity index (χ1n) is 10.7. The van der Waals surface area contributed by atoms with Gasteiger partial charge in [0.25, 0.3) is 0 Å². The largest absolute Gasteiger partial charge is 0.469 e. The first kappa shape index (κ1) is 23.7. The molecular formula is C27H27NO5. The predicted octanol–water partition coefficient (Wildman–Crippen LogP) is 3.63. The molecule has 170 valence electrons. The summed E-state index contributed by atoms with van der Waals surface area (Å²) in [4.78, 5) is 38.4. The smallest absolute Gasteiger partial charge is 0.328 e. The Bertz CT molecular complexity index is 971. The van der Waals surface area contributed by atoms with Crippen molar-refractivity contribution < 1.29 is 23.9 Å². The van der Waals surface area contributed by atoms with Gasteiger partial charge in [-0.1, -0.05) is 91.0 Å². The molecule has 0 spiro atoms. The molecule has 1 atom stereocenters. The topological polar surface area (TPSA) is 81.7 Å². The maximum Gasteiger partial charge on any atom is 0.328 e. The third-order valence-corrected chi connectivity index (χ3v) is 5.62. The SMILES string of the molecule is COC(=O)CC[C@@H](NC(=O)C(c1ccccc1)(c1ccccc1)c1ccccc1)C(=O)OC. The summed E-state index contributed by atoms with van der Waals surface area (Å²) in [5.41, 5.74) is 1.01. The molecule has 1 amide bonds. The molecule has 0 bridgehead atoms. The van der Waals surface area contributed by atoms with Gasteiger partial charge in [0.1, 0.15) is 11.5 Å². The van der Waals surface area contributed by atoms with E-state index in [4.69, 9.17) is 9.47 Å². The summed E-state index contributed by atoms with van der Waals surface area (Å²) in [6, 6.07) is 27.2.